The van der Waals surface area contributed by atoms with Crippen molar-refractivity contribution in [2.45, 2.75) is 20.8 Å². The van der Waals surface area contributed by atoms with E-state index in [4.69, 9.17) is 0 Å². The highest BCUT2D eigenvalue weighted by Crippen LogP contribution is 2.16. The molecule has 18 heavy (non-hydrogen) atoms. The summed E-state index contributed by atoms with van der Waals surface area (Å²) in [5.41, 5.74) is 0.753. The number of hydrogen-bond acceptors (Lipinski definition) is 1. The van der Waals surface area contributed by atoms with E-state index in [2.05, 4.69) is 0 Å². The number of rotatable bonds is 2. The minimum Gasteiger partial charge on any atom is -0.342 e. The number of carbonyl (C=O) groups is 1. The third-order valence-corrected chi connectivity index (χ3v) is 2.82. The lowest BCUT2D eigenvalue weighted by Gasteiger charge is -2.14. The van der Waals surface area contributed by atoms with Crippen molar-refractivity contribution >= 4 is 16.7 Å². The normalized spacial score (nSPS) is 9.56. The van der Waals surface area contributed by atoms with Crippen LogP contribution in [0.25, 0.3) is 10.8 Å². The molecule has 0 aliphatic rings. The number of fused-ring (bicyclic) bond motifs is 1. The molecular weight excluding hydrogens is 222 g/mol. The van der Waals surface area contributed by atoms with Gasteiger partial charge in [-0.2, -0.15) is 0 Å². The minimum atomic E-state index is 0.0771. The number of hydrogen-bond donors (Lipinski definition) is 0. The van der Waals surface area contributed by atoms with Crippen molar-refractivity contribution in [2.75, 3.05) is 13.6 Å². The first-order valence-electron chi connectivity index (χ1n) is 6.46. The molecule has 0 bridgehead atoms. The van der Waals surface area contributed by atoms with Crippen molar-refractivity contribution in [3.63, 3.8) is 0 Å². The topological polar surface area (TPSA) is 20.3 Å². The van der Waals surface area contributed by atoms with Gasteiger partial charge in [-0.1, -0.05) is 44.2 Å². The predicted molar refractivity (Wildman–Crippen MR) is 77.9 cm³/mol. The number of nitrogens with zero attached hydrogens (tertiary/aromatic N) is 1. The third kappa shape index (κ3) is 3.10. The van der Waals surface area contributed by atoms with Gasteiger partial charge in [0, 0.05) is 19.2 Å². The molecule has 0 atom stereocenters. The largest absolute Gasteiger partial charge is 0.342 e. The molecule has 0 unspecified atom stereocenters. The molecule has 2 aromatic rings. The summed E-state index contributed by atoms with van der Waals surface area (Å²) in [6, 6.07) is 13.9. The van der Waals surface area contributed by atoms with Crippen LogP contribution >= 0.6 is 0 Å². The molecule has 0 aliphatic carbocycles. The van der Waals surface area contributed by atoms with Crippen molar-refractivity contribution in [3.05, 3.63) is 48.0 Å². The molecule has 0 saturated heterocycles. The van der Waals surface area contributed by atoms with Gasteiger partial charge in [-0.3, -0.25) is 4.79 Å². The maximum absolute atomic E-state index is 11.9. The molecule has 0 saturated carbocycles. The predicted octanol–water partition coefficient (Wildman–Crippen LogP) is 3.96. The summed E-state index contributed by atoms with van der Waals surface area (Å²) in [6.07, 6.45) is 0. The summed E-state index contributed by atoms with van der Waals surface area (Å²) in [4.78, 5) is 13.7. The maximum atomic E-state index is 11.9. The second kappa shape index (κ2) is 6.80. The van der Waals surface area contributed by atoms with Crippen molar-refractivity contribution in [1.29, 1.82) is 0 Å². The van der Waals surface area contributed by atoms with Crippen molar-refractivity contribution < 1.29 is 4.79 Å². The second-order valence-corrected chi connectivity index (χ2v) is 3.88. The summed E-state index contributed by atoms with van der Waals surface area (Å²) in [6.45, 7) is 6.70. The monoisotopic (exact) mass is 243 g/mol. The van der Waals surface area contributed by atoms with E-state index in [0.717, 1.165) is 17.5 Å². The highest BCUT2D eigenvalue weighted by molar-refractivity contribution is 5.98. The molecule has 2 heteroatoms. The zero-order valence-electron chi connectivity index (χ0n) is 11.6. The van der Waals surface area contributed by atoms with Gasteiger partial charge < -0.3 is 4.90 Å². The van der Waals surface area contributed by atoms with E-state index in [1.165, 1.54) is 5.39 Å². The van der Waals surface area contributed by atoms with Gasteiger partial charge in [0.05, 0.1) is 0 Å². The highest BCUT2D eigenvalue weighted by Gasteiger charge is 2.09. The molecule has 2 aromatic carbocycles. The molecule has 0 radical (unpaired) electrons. The summed E-state index contributed by atoms with van der Waals surface area (Å²) < 4.78 is 0. The number of amides is 1. The van der Waals surface area contributed by atoms with Crippen LogP contribution in [0.3, 0.4) is 0 Å². The fourth-order valence-corrected chi connectivity index (χ4v) is 1.69. The minimum absolute atomic E-state index is 0.0771. The molecule has 0 heterocycles. The molecule has 0 aliphatic heterocycles. The Morgan fingerprint density at radius 3 is 2.28 bits per heavy atom. The van der Waals surface area contributed by atoms with Crippen molar-refractivity contribution in [2.24, 2.45) is 0 Å². The standard InChI is InChI=1S/C14H15NO.C2H6/c1-3-15(2)14(16)13-9-8-11-6-4-5-7-12(11)10-13;1-2/h4-10H,3H2,1-2H3;1-2H3. The Hall–Kier alpha value is -1.83. The maximum Gasteiger partial charge on any atom is 0.253 e. The zero-order chi connectivity index (χ0) is 13.5. The van der Waals surface area contributed by atoms with Crippen LogP contribution in [-0.2, 0) is 0 Å². The number of benzene rings is 2. The molecule has 2 nitrogen and oxygen atoms in total. The van der Waals surface area contributed by atoms with E-state index < -0.39 is 0 Å². The average Bonchev–Trinajstić information content (AvgIpc) is 2.47. The summed E-state index contributed by atoms with van der Waals surface area (Å²) in [5, 5.41) is 2.27. The molecule has 0 spiro atoms. The number of carbonyl (C=O) groups excluding carboxylic acids is 1. The summed E-state index contributed by atoms with van der Waals surface area (Å²) >= 11 is 0. The molecule has 0 aromatic heterocycles. The van der Waals surface area contributed by atoms with Crippen LogP contribution in [0.2, 0.25) is 0 Å². The smallest absolute Gasteiger partial charge is 0.253 e. The first-order valence-corrected chi connectivity index (χ1v) is 6.46. The van der Waals surface area contributed by atoms with Crippen LogP contribution in [-0.4, -0.2) is 24.4 Å². The van der Waals surface area contributed by atoms with Crippen LogP contribution in [0.15, 0.2) is 42.5 Å². The lowest BCUT2D eigenvalue weighted by molar-refractivity contribution is 0.0802. The molecule has 2 rings (SSSR count). The van der Waals surface area contributed by atoms with Crippen LogP contribution < -0.4 is 0 Å². The highest BCUT2D eigenvalue weighted by atomic mass is 16.2. The molecular formula is C16H21NO. The van der Waals surface area contributed by atoms with E-state index >= 15 is 0 Å². The van der Waals surface area contributed by atoms with Gasteiger partial charge in [0.2, 0.25) is 0 Å². The molecule has 1 amide bonds. The Balaban J connectivity index is 0.000000771. The lowest BCUT2D eigenvalue weighted by atomic mass is 10.1. The van der Waals surface area contributed by atoms with E-state index in [9.17, 15) is 4.79 Å². The Morgan fingerprint density at radius 1 is 1.06 bits per heavy atom. The zero-order valence-corrected chi connectivity index (χ0v) is 11.6. The Labute approximate surface area is 109 Å². The van der Waals surface area contributed by atoms with Gasteiger partial charge in [-0.25, -0.2) is 0 Å². The Bertz CT molecular complexity index is 519. The fourth-order valence-electron chi connectivity index (χ4n) is 1.69. The van der Waals surface area contributed by atoms with Crippen molar-refractivity contribution in [1.82, 2.24) is 4.90 Å². The molecule has 0 N–H and O–H groups in total. The van der Waals surface area contributed by atoms with E-state index in [1.54, 1.807) is 4.90 Å². The lowest BCUT2D eigenvalue weighted by Crippen LogP contribution is -2.26. The van der Waals surface area contributed by atoms with Gasteiger partial charge in [0.1, 0.15) is 0 Å². The van der Waals surface area contributed by atoms with E-state index in [1.807, 2.05) is 70.3 Å². The first-order chi connectivity index (χ1) is 8.72. The molecule has 96 valence electrons. The summed E-state index contributed by atoms with van der Waals surface area (Å²) in [5.74, 6) is 0.0771. The van der Waals surface area contributed by atoms with Gasteiger partial charge in [-0.05, 0) is 29.8 Å². The van der Waals surface area contributed by atoms with Gasteiger partial charge in [0.15, 0.2) is 0 Å². The van der Waals surface area contributed by atoms with Crippen LogP contribution in [0, 0.1) is 0 Å². The van der Waals surface area contributed by atoms with Gasteiger partial charge in [-0.15, -0.1) is 0 Å². The average molecular weight is 243 g/mol. The fraction of sp³-hybridized carbons (Fsp3) is 0.312. The van der Waals surface area contributed by atoms with Crippen LogP contribution in [0.4, 0.5) is 0 Å². The second-order valence-electron chi connectivity index (χ2n) is 3.88. The SMILES string of the molecule is CC.CCN(C)C(=O)c1ccc2ccccc2c1. The van der Waals surface area contributed by atoms with Gasteiger partial charge >= 0.3 is 0 Å². The van der Waals surface area contributed by atoms with Crippen LogP contribution in [0.1, 0.15) is 31.1 Å². The van der Waals surface area contributed by atoms with E-state index in [-0.39, 0.29) is 5.91 Å². The summed E-state index contributed by atoms with van der Waals surface area (Å²) in [7, 11) is 1.82. The third-order valence-electron chi connectivity index (χ3n) is 2.82. The Kier molecular flexibility index (Phi) is 5.37. The van der Waals surface area contributed by atoms with Crippen molar-refractivity contribution in [3.8, 4) is 0 Å². The van der Waals surface area contributed by atoms with Gasteiger partial charge in [0.25, 0.3) is 5.91 Å². The first kappa shape index (κ1) is 14.2. The van der Waals surface area contributed by atoms with Crippen LogP contribution in [0.5, 0.6) is 0 Å². The molecule has 0 fully saturated rings. The van der Waals surface area contributed by atoms with E-state index in [0.29, 0.717) is 0 Å². The quantitative estimate of drug-likeness (QED) is 0.782. The Morgan fingerprint density at radius 2 is 1.67 bits per heavy atom.